The molecule has 0 saturated heterocycles. The summed E-state index contributed by atoms with van der Waals surface area (Å²) in [6, 6.07) is 10.4. The van der Waals surface area contributed by atoms with Crippen LogP contribution >= 0.6 is 0 Å². The lowest BCUT2D eigenvalue weighted by molar-refractivity contribution is 0.121. The van der Waals surface area contributed by atoms with Gasteiger partial charge in [-0.3, -0.25) is 0 Å². The number of ether oxygens (including phenoxy) is 1. The summed E-state index contributed by atoms with van der Waals surface area (Å²) in [5.74, 6) is 1.47. The molecule has 0 spiro atoms. The fourth-order valence-electron chi connectivity index (χ4n) is 4.57. The first kappa shape index (κ1) is 21.5. The third kappa shape index (κ3) is 4.44. The van der Waals surface area contributed by atoms with Gasteiger partial charge in [-0.25, -0.2) is 9.50 Å². The summed E-state index contributed by atoms with van der Waals surface area (Å²) >= 11 is 0. The minimum atomic E-state index is -0.202. The summed E-state index contributed by atoms with van der Waals surface area (Å²) in [6.07, 6.45) is 5.18. The van der Waals surface area contributed by atoms with Gasteiger partial charge in [0, 0.05) is 35.9 Å². The Hall–Kier alpha value is -3.37. The number of aliphatic hydroxyl groups excluding tert-OH is 1. The van der Waals surface area contributed by atoms with Crippen LogP contribution in [0.1, 0.15) is 44.2 Å². The fraction of sp³-hybridized carbons (Fsp3) is 0.435. The molecule has 1 aromatic carbocycles. The summed E-state index contributed by atoms with van der Waals surface area (Å²) in [6.45, 7) is 2.60. The second-order valence-corrected chi connectivity index (χ2v) is 8.68. The lowest BCUT2D eigenvalue weighted by Gasteiger charge is -2.25. The quantitative estimate of drug-likeness (QED) is 0.394. The molecule has 172 valence electrons. The van der Waals surface area contributed by atoms with Gasteiger partial charge in [0.05, 0.1) is 24.4 Å². The van der Waals surface area contributed by atoms with Gasteiger partial charge >= 0.3 is 0 Å². The molecule has 0 radical (unpaired) electrons. The van der Waals surface area contributed by atoms with E-state index in [4.69, 9.17) is 9.84 Å². The van der Waals surface area contributed by atoms with Crippen molar-refractivity contribution in [3.63, 3.8) is 0 Å². The molecule has 1 aliphatic rings. The van der Waals surface area contributed by atoms with Crippen LogP contribution in [0.5, 0.6) is 0 Å². The van der Waals surface area contributed by atoms with Crippen LogP contribution in [0.3, 0.4) is 0 Å². The molecule has 10 nitrogen and oxygen atoms in total. The zero-order chi connectivity index (χ0) is 22.8. The van der Waals surface area contributed by atoms with Gasteiger partial charge in [-0.2, -0.15) is 5.21 Å². The van der Waals surface area contributed by atoms with Crippen molar-refractivity contribution in [3.05, 3.63) is 42.2 Å². The molecular weight excluding hydrogens is 420 g/mol. The Morgan fingerprint density at radius 1 is 1.18 bits per heavy atom. The van der Waals surface area contributed by atoms with E-state index in [1.807, 2.05) is 29.8 Å². The van der Waals surface area contributed by atoms with Gasteiger partial charge in [0.2, 0.25) is 11.8 Å². The highest BCUT2D eigenvalue weighted by atomic mass is 16.5. The van der Waals surface area contributed by atoms with Gasteiger partial charge in [-0.1, -0.05) is 24.3 Å². The topological polar surface area (TPSA) is 126 Å². The molecular formula is C23H28N8O2. The fourth-order valence-corrected chi connectivity index (χ4v) is 4.57. The molecule has 1 aliphatic carbocycles. The van der Waals surface area contributed by atoms with E-state index in [0.717, 1.165) is 53.6 Å². The summed E-state index contributed by atoms with van der Waals surface area (Å²) < 4.78 is 7.24. The highest BCUT2D eigenvalue weighted by Crippen LogP contribution is 2.38. The highest BCUT2D eigenvalue weighted by Gasteiger charge is 2.25. The highest BCUT2D eigenvalue weighted by molar-refractivity contribution is 5.82. The molecule has 0 amide bonds. The molecule has 0 bridgehead atoms. The average molecular weight is 449 g/mol. The Labute approximate surface area is 191 Å². The summed E-state index contributed by atoms with van der Waals surface area (Å²) in [7, 11) is 1.68. The van der Waals surface area contributed by atoms with Gasteiger partial charge in [0.1, 0.15) is 0 Å². The molecule has 4 aromatic rings. The third-order valence-corrected chi connectivity index (χ3v) is 6.25. The zero-order valence-corrected chi connectivity index (χ0v) is 18.8. The normalized spacial score (nSPS) is 19.6. The molecule has 5 rings (SSSR count). The first-order chi connectivity index (χ1) is 16.1. The van der Waals surface area contributed by atoms with E-state index >= 15 is 0 Å². The number of anilines is 1. The van der Waals surface area contributed by atoms with Crippen molar-refractivity contribution in [2.75, 3.05) is 19.0 Å². The van der Waals surface area contributed by atoms with E-state index in [2.05, 4.69) is 49.1 Å². The van der Waals surface area contributed by atoms with Gasteiger partial charge in [0.25, 0.3) is 0 Å². The van der Waals surface area contributed by atoms with E-state index < -0.39 is 0 Å². The largest absolute Gasteiger partial charge is 0.393 e. The number of hydrogen-bond donors (Lipinski definition) is 3. The van der Waals surface area contributed by atoms with Crippen molar-refractivity contribution in [1.82, 2.24) is 35.2 Å². The molecule has 1 atom stereocenters. The molecule has 3 aromatic heterocycles. The van der Waals surface area contributed by atoms with Crippen molar-refractivity contribution in [1.29, 1.82) is 0 Å². The Bertz CT molecular complexity index is 1200. The Kier molecular flexibility index (Phi) is 6.01. The summed E-state index contributed by atoms with van der Waals surface area (Å²) in [5, 5.41) is 32.4. The third-order valence-electron chi connectivity index (χ3n) is 6.25. The number of rotatable bonds is 7. The number of nitrogens with one attached hydrogen (secondary N) is 2. The van der Waals surface area contributed by atoms with Crippen LogP contribution in [-0.4, -0.2) is 66.2 Å². The van der Waals surface area contributed by atoms with E-state index in [0.29, 0.717) is 24.3 Å². The van der Waals surface area contributed by atoms with Crippen LogP contribution in [0.2, 0.25) is 0 Å². The predicted molar refractivity (Wildman–Crippen MR) is 124 cm³/mol. The first-order valence-corrected chi connectivity index (χ1v) is 11.3. The van der Waals surface area contributed by atoms with Crippen LogP contribution in [0, 0.1) is 0 Å². The SMILES string of the molecule is COC[C@H](C)Nc1ncc2c(-c3ccc(-c4nn[nH]n4)cc3)cc([C@H]3CC[C@H](O)CC3)n2n1. The van der Waals surface area contributed by atoms with Crippen LogP contribution in [0.4, 0.5) is 5.95 Å². The number of aromatic amines is 1. The maximum Gasteiger partial charge on any atom is 0.241 e. The standard InChI is InChI=1S/C23H28N8O2/c1-14(13-33-2)25-23-24-12-21-19(15-3-5-17(6-4-15)22-26-29-30-27-22)11-20(31(21)28-23)16-7-9-18(32)10-8-16/h3-6,11-12,14,16,18,32H,7-10,13H2,1-2H3,(H,25,28)(H,26,27,29,30)/t14-,16-,18-/m0/s1. The van der Waals surface area contributed by atoms with Crippen LogP contribution in [-0.2, 0) is 4.74 Å². The molecule has 3 heterocycles. The number of benzene rings is 1. The van der Waals surface area contributed by atoms with E-state index in [-0.39, 0.29) is 12.1 Å². The maximum atomic E-state index is 10.00. The van der Waals surface area contributed by atoms with E-state index in [1.165, 1.54) is 0 Å². The molecule has 0 unspecified atom stereocenters. The van der Waals surface area contributed by atoms with Crippen molar-refractivity contribution >= 4 is 11.5 Å². The lowest BCUT2D eigenvalue weighted by Crippen LogP contribution is -2.23. The monoisotopic (exact) mass is 448 g/mol. The smallest absolute Gasteiger partial charge is 0.241 e. The van der Waals surface area contributed by atoms with Gasteiger partial charge < -0.3 is 15.2 Å². The van der Waals surface area contributed by atoms with Crippen molar-refractivity contribution < 1.29 is 9.84 Å². The van der Waals surface area contributed by atoms with Crippen molar-refractivity contribution in [3.8, 4) is 22.5 Å². The van der Waals surface area contributed by atoms with Crippen LogP contribution < -0.4 is 5.32 Å². The first-order valence-electron chi connectivity index (χ1n) is 11.3. The number of tetrazole rings is 1. The number of aliphatic hydroxyl groups is 1. The Morgan fingerprint density at radius 3 is 2.64 bits per heavy atom. The van der Waals surface area contributed by atoms with Crippen molar-refractivity contribution in [2.24, 2.45) is 0 Å². The van der Waals surface area contributed by atoms with Crippen molar-refractivity contribution in [2.45, 2.75) is 50.7 Å². The Balaban J connectivity index is 1.54. The second kappa shape index (κ2) is 9.24. The van der Waals surface area contributed by atoms with Gasteiger partial charge in [-0.05, 0) is 49.5 Å². The van der Waals surface area contributed by atoms with E-state index in [1.54, 1.807) is 7.11 Å². The lowest BCUT2D eigenvalue weighted by atomic mass is 9.85. The average Bonchev–Trinajstić information content (AvgIpc) is 3.48. The summed E-state index contributed by atoms with van der Waals surface area (Å²) in [4.78, 5) is 4.57. The number of fused-ring (bicyclic) bond motifs is 1. The number of hydrogen-bond acceptors (Lipinski definition) is 8. The zero-order valence-electron chi connectivity index (χ0n) is 18.8. The van der Waals surface area contributed by atoms with Crippen LogP contribution in [0.15, 0.2) is 36.5 Å². The molecule has 1 fully saturated rings. The number of methoxy groups -OCH3 is 1. The number of aromatic nitrogens is 7. The predicted octanol–water partition coefficient (Wildman–Crippen LogP) is 3.04. The number of nitrogens with zero attached hydrogens (tertiary/aromatic N) is 6. The molecule has 1 saturated carbocycles. The molecule has 3 N–H and O–H groups in total. The second-order valence-electron chi connectivity index (χ2n) is 8.68. The number of H-pyrrole nitrogens is 1. The minimum absolute atomic E-state index is 0.0912. The Morgan fingerprint density at radius 2 is 1.94 bits per heavy atom. The van der Waals surface area contributed by atoms with Gasteiger partial charge in [-0.15, -0.1) is 15.3 Å². The van der Waals surface area contributed by atoms with Crippen LogP contribution in [0.25, 0.3) is 28.0 Å². The van der Waals surface area contributed by atoms with Gasteiger partial charge in [0.15, 0.2) is 0 Å². The summed E-state index contributed by atoms with van der Waals surface area (Å²) in [5.41, 5.74) is 5.14. The molecule has 33 heavy (non-hydrogen) atoms. The molecule has 0 aliphatic heterocycles. The molecule has 10 heteroatoms. The van der Waals surface area contributed by atoms with E-state index in [9.17, 15) is 5.11 Å². The maximum absolute atomic E-state index is 10.00. The minimum Gasteiger partial charge on any atom is -0.393 e.